The van der Waals surface area contributed by atoms with Crippen LogP contribution in [0.5, 0.6) is 0 Å². The maximum Gasteiger partial charge on any atom is 0.271 e. The molecule has 2 aliphatic rings. The van der Waals surface area contributed by atoms with Gasteiger partial charge in [0.2, 0.25) is 5.91 Å². The van der Waals surface area contributed by atoms with Crippen LogP contribution in [0.25, 0.3) is 20.7 Å². The van der Waals surface area contributed by atoms with E-state index in [0.717, 1.165) is 23.3 Å². The van der Waals surface area contributed by atoms with Gasteiger partial charge in [-0.3, -0.25) is 14.2 Å². The van der Waals surface area contributed by atoms with E-state index in [4.69, 9.17) is 0 Å². The predicted molar refractivity (Wildman–Crippen MR) is 116 cm³/mol. The molecule has 1 aliphatic heterocycles. The summed E-state index contributed by atoms with van der Waals surface area (Å²) in [5.41, 5.74) is 0.999. The molecule has 7 nitrogen and oxygen atoms in total. The number of hydrogen-bond acceptors (Lipinski definition) is 6. The molecule has 31 heavy (non-hydrogen) atoms. The van der Waals surface area contributed by atoms with Gasteiger partial charge in [-0.2, -0.15) is 0 Å². The summed E-state index contributed by atoms with van der Waals surface area (Å²) in [5, 5.41) is 0. The van der Waals surface area contributed by atoms with Crippen molar-refractivity contribution in [2.75, 3.05) is 11.5 Å². The Morgan fingerprint density at radius 1 is 1.19 bits per heavy atom. The number of thiophene rings is 1. The van der Waals surface area contributed by atoms with Crippen molar-refractivity contribution in [1.82, 2.24) is 14.5 Å². The van der Waals surface area contributed by atoms with E-state index in [-0.39, 0.29) is 47.4 Å². The minimum atomic E-state index is -3.11. The van der Waals surface area contributed by atoms with E-state index in [1.54, 1.807) is 23.1 Å². The third-order valence-corrected chi connectivity index (χ3v) is 8.68. The van der Waals surface area contributed by atoms with Crippen LogP contribution in [0.4, 0.5) is 4.39 Å². The van der Waals surface area contributed by atoms with E-state index < -0.39 is 9.84 Å². The second kappa shape index (κ2) is 7.52. The van der Waals surface area contributed by atoms with Crippen LogP contribution in [0, 0.1) is 5.82 Å². The van der Waals surface area contributed by atoms with Crippen LogP contribution in [0.15, 0.2) is 41.5 Å². The maximum atomic E-state index is 13.2. The Kier molecular flexibility index (Phi) is 4.93. The quantitative estimate of drug-likeness (QED) is 0.582. The molecule has 1 amide bonds. The second-order valence-electron chi connectivity index (χ2n) is 8.10. The standard InChI is InChI=1S/C21H20FN3O4S2/c22-14-3-1-13(2-4-14)18-9-17-20(30-18)21(27)24(12-23-17)10-19(26)25(15-5-6-15)16-7-8-31(28,29)11-16/h1-4,9,12,15-16H,5-8,10-11H2/t16-/m1/s1. The minimum absolute atomic E-state index is 0.00657. The van der Waals surface area contributed by atoms with Gasteiger partial charge in [0, 0.05) is 17.0 Å². The van der Waals surface area contributed by atoms with Crippen molar-refractivity contribution >= 4 is 37.3 Å². The van der Waals surface area contributed by atoms with E-state index in [0.29, 0.717) is 16.6 Å². The molecule has 1 atom stereocenters. The van der Waals surface area contributed by atoms with Crippen LogP contribution < -0.4 is 5.56 Å². The monoisotopic (exact) mass is 461 g/mol. The maximum absolute atomic E-state index is 13.2. The van der Waals surface area contributed by atoms with Gasteiger partial charge in [0.25, 0.3) is 5.56 Å². The first-order valence-electron chi connectivity index (χ1n) is 10.1. The number of amides is 1. The SMILES string of the molecule is O=C(Cn1cnc2cc(-c3ccc(F)cc3)sc2c1=O)N(C1CC1)[C@@H]1CCS(=O)(=O)C1. The summed E-state index contributed by atoms with van der Waals surface area (Å²) in [4.78, 5) is 32.9. The van der Waals surface area contributed by atoms with Gasteiger partial charge < -0.3 is 4.90 Å². The molecule has 2 aromatic heterocycles. The van der Waals surface area contributed by atoms with Gasteiger partial charge in [0.05, 0.1) is 23.3 Å². The van der Waals surface area contributed by atoms with Crippen molar-refractivity contribution in [3.63, 3.8) is 0 Å². The fraction of sp³-hybridized carbons (Fsp3) is 0.381. The lowest BCUT2D eigenvalue weighted by Gasteiger charge is -2.28. The average Bonchev–Trinajstić information content (AvgIpc) is 3.34. The highest BCUT2D eigenvalue weighted by molar-refractivity contribution is 7.91. The fourth-order valence-electron chi connectivity index (χ4n) is 4.09. The van der Waals surface area contributed by atoms with Crippen molar-refractivity contribution in [3.05, 3.63) is 52.8 Å². The Balaban J connectivity index is 1.42. The molecule has 162 valence electrons. The van der Waals surface area contributed by atoms with Crippen LogP contribution in [-0.2, 0) is 21.2 Å². The van der Waals surface area contributed by atoms with E-state index >= 15 is 0 Å². The van der Waals surface area contributed by atoms with Gasteiger partial charge in [-0.15, -0.1) is 11.3 Å². The number of aromatic nitrogens is 2. The molecule has 3 aromatic rings. The Morgan fingerprint density at radius 2 is 1.94 bits per heavy atom. The smallest absolute Gasteiger partial charge is 0.271 e. The number of rotatable bonds is 5. The van der Waals surface area contributed by atoms with Gasteiger partial charge in [0.1, 0.15) is 17.1 Å². The molecule has 5 rings (SSSR count). The lowest BCUT2D eigenvalue weighted by atomic mass is 10.2. The number of benzene rings is 1. The summed E-state index contributed by atoms with van der Waals surface area (Å²) in [5.74, 6) is -0.488. The van der Waals surface area contributed by atoms with Gasteiger partial charge in [-0.25, -0.2) is 17.8 Å². The fourth-order valence-corrected chi connectivity index (χ4v) is 6.87. The summed E-state index contributed by atoms with van der Waals surface area (Å²) in [6, 6.07) is 7.53. The van der Waals surface area contributed by atoms with Crippen LogP contribution >= 0.6 is 11.3 Å². The van der Waals surface area contributed by atoms with Gasteiger partial charge >= 0.3 is 0 Å². The van der Waals surface area contributed by atoms with Crippen LogP contribution in [0.3, 0.4) is 0 Å². The molecular formula is C21H20FN3O4S2. The highest BCUT2D eigenvalue weighted by Crippen LogP contribution is 2.33. The molecule has 0 radical (unpaired) electrons. The lowest BCUT2D eigenvalue weighted by molar-refractivity contribution is -0.134. The van der Waals surface area contributed by atoms with E-state index in [2.05, 4.69) is 4.98 Å². The Labute approximate surface area is 182 Å². The van der Waals surface area contributed by atoms with Crippen LogP contribution in [0.1, 0.15) is 19.3 Å². The molecule has 0 N–H and O–H groups in total. The summed E-state index contributed by atoms with van der Waals surface area (Å²) in [6.45, 7) is -0.168. The van der Waals surface area contributed by atoms with Crippen molar-refractivity contribution in [2.45, 2.75) is 37.9 Å². The Morgan fingerprint density at radius 3 is 2.58 bits per heavy atom. The molecule has 1 aliphatic carbocycles. The zero-order valence-electron chi connectivity index (χ0n) is 16.5. The first-order chi connectivity index (χ1) is 14.8. The molecule has 0 spiro atoms. The largest absolute Gasteiger partial charge is 0.334 e. The molecule has 1 aromatic carbocycles. The molecule has 1 saturated heterocycles. The summed E-state index contributed by atoms with van der Waals surface area (Å²) >= 11 is 1.25. The molecule has 10 heteroatoms. The Hall–Kier alpha value is -2.59. The highest BCUT2D eigenvalue weighted by atomic mass is 32.2. The number of fused-ring (bicyclic) bond motifs is 1. The molecular weight excluding hydrogens is 441 g/mol. The third-order valence-electron chi connectivity index (χ3n) is 5.77. The van der Waals surface area contributed by atoms with Crippen molar-refractivity contribution in [1.29, 1.82) is 0 Å². The topological polar surface area (TPSA) is 89.3 Å². The Bertz CT molecular complexity index is 1330. The number of carbonyl (C=O) groups excluding carboxylic acids is 1. The summed E-state index contributed by atoms with van der Waals surface area (Å²) < 4.78 is 38.7. The molecule has 3 heterocycles. The van der Waals surface area contributed by atoms with Gasteiger partial charge in [0.15, 0.2) is 9.84 Å². The number of halogens is 1. The van der Waals surface area contributed by atoms with E-state index in [1.165, 1.54) is 34.4 Å². The number of nitrogens with zero attached hydrogens (tertiary/aromatic N) is 3. The lowest BCUT2D eigenvalue weighted by Crippen LogP contribution is -2.45. The normalized spacial score (nSPS) is 20.2. The second-order valence-corrected chi connectivity index (χ2v) is 11.4. The zero-order chi connectivity index (χ0) is 21.8. The summed E-state index contributed by atoms with van der Waals surface area (Å²) in [6.07, 6.45) is 3.53. The zero-order valence-corrected chi connectivity index (χ0v) is 18.2. The predicted octanol–water partition coefficient (Wildman–Crippen LogP) is 2.44. The highest BCUT2D eigenvalue weighted by Gasteiger charge is 2.42. The van der Waals surface area contributed by atoms with Crippen LogP contribution in [0.2, 0.25) is 0 Å². The molecule has 2 fully saturated rings. The van der Waals surface area contributed by atoms with Gasteiger partial charge in [-0.1, -0.05) is 12.1 Å². The van der Waals surface area contributed by atoms with Crippen molar-refractivity contribution in [3.8, 4) is 10.4 Å². The number of hydrogen-bond donors (Lipinski definition) is 0. The molecule has 1 saturated carbocycles. The average molecular weight is 462 g/mol. The van der Waals surface area contributed by atoms with Gasteiger partial charge in [-0.05, 0) is 43.0 Å². The van der Waals surface area contributed by atoms with Crippen LogP contribution in [-0.4, -0.2) is 52.4 Å². The number of sulfone groups is 1. The van der Waals surface area contributed by atoms with E-state index in [9.17, 15) is 22.4 Å². The summed E-state index contributed by atoms with van der Waals surface area (Å²) in [7, 11) is -3.11. The minimum Gasteiger partial charge on any atom is -0.334 e. The molecule has 0 unspecified atom stereocenters. The van der Waals surface area contributed by atoms with E-state index in [1.807, 2.05) is 0 Å². The van der Waals surface area contributed by atoms with Crippen molar-refractivity contribution in [2.24, 2.45) is 0 Å². The first kappa shape index (κ1) is 20.3. The van der Waals surface area contributed by atoms with Crippen molar-refractivity contribution < 1.29 is 17.6 Å². The number of carbonyl (C=O) groups is 1. The molecule has 0 bridgehead atoms. The third kappa shape index (κ3) is 4.01. The first-order valence-corrected chi connectivity index (χ1v) is 12.7.